The molecule has 0 radical (unpaired) electrons. The molecule has 2 unspecified atom stereocenters. The highest BCUT2D eigenvalue weighted by atomic mass is 19.1. The average molecular weight is 205 g/mol. The summed E-state index contributed by atoms with van der Waals surface area (Å²) in [5.41, 5.74) is 1.05. The van der Waals surface area contributed by atoms with Gasteiger partial charge in [-0.1, -0.05) is 25.0 Å². The van der Waals surface area contributed by atoms with Crippen LogP contribution in [0.25, 0.3) is 0 Å². The zero-order chi connectivity index (χ0) is 11.3. The minimum atomic E-state index is -0.213. The molecular weight excluding hydrogens is 189 g/mol. The van der Waals surface area contributed by atoms with E-state index >= 15 is 0 Å². The Labute approximate surface area is 90.7 Å². The van der Waals surface area contributed by atoms with Crippen LogP contribution in [0.2, 0.25) is 0 Å². The van der Waals surface area contributed by atoms with Gasteiger partial charge in [0.25, 0.3) is 0 Å². The summed E-state index contributed by atoms with van der Waals surface area (Å²) in [7, 11) is 0. The van der Waals surface area contributed by atoms with Crippen LogP contribution in [-0.4, -0.2) is 6.04 Å². The van der Waals surface area contributed by atoms with E-state index in [0.29, 0.717) is 0 Å². The molecule has 0 fully saturated rings. The van der Waals surface area contributed by atoms with Crippen molar-refractivity contribution in [3.63, 3.8) is 0 Å². The van der Waals surface area contributed by atoms with Crippen LogP contribution >= 0.6 is 0 Å². The molecule has 0 aromatic heterocycles. The normalized spacial score (nSPS) is 14.3. The topological polar surface area (TPSA) is 12.0 Å². The van der Waals surface area contributed by atoms with Crippen molar-refractivity contribution in [2.24, 2.45) is 0 Å². The highest BCUT2D eigenvalue weighted by Crippen LogP contribution is 2.13. The lowest BCUT2D eigenvalue weighted by molar-refractivity contribution is 0.511. The van der Waals surface area contributed by atoms with Gasteiger partial charge in [-0.25, -0.2) is 4.39 Å². The standard InChI is InChI=1S/C13H16FN/c1-4-13(5-2)15-10(3)11-6-8-12(14)9-7-11/h1,6-10,13,15H,5H2,2-3H3. The van der Waals surface area contributed by atoms with Crippen molar-refractivity contribution in [3.8, 4) is 12.3 Å². The minimum Gasteiger partial charge on any atom is -0.297 e. The van der Waals surface area contributed by atoms with Gasteiger partial charge in [0.05, 0.1) is 6.04 Å². The highest BCUT2D eigenvalue weighted by molar-refractivity contribution is 5.20. The van der Waals surface area contributed by atoms with E-state index < -0.39 is 0 Å². The quantitative estimate of drug-likeness (QED) is 0.745. The lowest BCUT2D eigenvalue weighted by atomic mass is 10.1. The molecule has 0 amide bonds. The highest BCUT2D eigenvalue weighted by Gasteiger charge is 2.09. The third-order valence-corrected chi connectivity index (χ3v) is 2.43. The molecule has 0 spiro atoms. The van der Waals surface area contributed by atoms with Crippen LogP contribution in [0.1, 0.15) is 31.9 Å². The first kappa shape index (κ1) is 11.7. The molecule has 15 heavy (non-hydrogen) atoms. The van der Waals surface area contributed by atoms with Crippen molar-refractivity contribution in [1.82, 2.24) is 5.32 Å². The van der Waals surface area contributed by atoms with Crippen LogP contribution in [0, 0.1) is 18.2 Å². The van der Waals surface area contributed by atoms with E-state index in [1.165, 1.54) is 12.1 Å². The second-order valence-electron chi connectivity index (χ2n) is 3.57. The first-order valence-electron chi connectivity index (χ1n) is 5.15. The number of nitrogens with one attached hydrogen (secondary N) is 1. The van der Waals surface area contributed by atoms with Crippen molar-refractivity contribution >= 4 is 0 Å². The molecule has 1 aromatic carbocycles. The molecule has 0 aliphatic heterocycles. The Morgan fingerprint density at radius 3 is 2.47 bits per heavy atom. The number of halogens is 1. The van der Waals surface area contributed by atoms with Crippen molar-refractivity contribution in [2.45, 2.75) is 32.4 Å². The molecule has 1 aromatic rings. The van der Waals surface area contributed by atoms with Crippen LogP contribution in [0.3, 0.4) is 0 Å². The van der Waals surface area contributed by atoms with Crippen LogP contribution in [0.4, 0.5) is 4.39 Å². The lowest BCUT2D eigenvalue weighted by Crippen LogP contribution is -2.29. The van der Waals surface area contributed by atoms with Crippen LogP contribution in [-0.2, 0) is 0 Å². The Morgan fingerprint density at radius 1 is 1.40 bits per heavy atom. The van der Waals surface area contributed by atoms with Crippen molar-refractivity contribution in [2.75, 3.05) is 0 Å². The van der Waals surface area contributed by atoms with E-state index in [2.05, 4.69) is 11.2 Å². The predicted octanol–water partition coefficient (Wildman–Crippen LogP) is 2.89. The zero-order valence-electron chi connectivity index (χ0n) is 9.13. The van der Waals surface area contributed by atoms with E-state index in [0.717, 1.165) is 12.0 Å². The summed E-state index contributed by atoms with van der Waals surface area (Å²) in [5.74, 6) is 2.47. The smallest absolute Gasteiger partial charge is 0.123 e. The molecule has 0 saturated heterocycles. The number of terminal acetylenes is 1. The fourth-order valence-electron chi connectivity index (χ4n) is 1.43. The lowest BCUT2D eigenvalue weighted by Gasteiger charge is -2.18. The molecule has 80 valence electrons. The van der Waals surface area contributed by atoms with Crippen molar-refractivity contribution < 1.29 is 4.39 Å². The molecule has 1 nitrogen and oxygen atoms in total. The maximum Gasteiger partial charge on any atom is 0.123 e. The van der Waals surface area contributed by atoms with Gasteiger partial charge in [0.2, 0.25) is 0 Å². The average Bonchev–Trinajstić information content (AvgIpc) is 2.26. The molecule has 0 aliphatic carbocycles. The summed E-state index contributed by atoms with van der Waals surface area (Å²) in [5, 5.41) is 3.29. The Bertz CT molecular complexity index is 337. The SMILES string of the molecule is C#CC(CC)NC(C)c1ccc(F)cc1. The van der Waals surface area contributed by atoms with E-state index in [4.69, 9.17) is 6.42 Å². The monoisotopic (exact) mass is 205 g/mol. The summed E-state index contributed by atoms with van der Waals surface area (Å²) in [6.45, 7) is 4.06. The molecule has 2 heteroatoms. The van der Waals surface area contributed by atoms with Gasteiger partial charge in [0, 0.05) is 6.04 Å². The number of rotatable bonds is 4. The third-order valence-electron chi connectivity index (χ3n) is 2.43. The Hall–Kier alpha value is -1.33. The zero-order valence-corrected chi connectivity index (χ0v) is 9.13. The molecule has 1 N–H and O–H groups in total. The number of hydrogen-bond donors (Lipinski definition) is 1. The Morgan fingerprint density at radius 2 is 2.00 bits per heavy atom. The second-order valence-corrected chi connectivity index (χ2v) is 3.57. The fraction of sp³-hybridized carbons (Fsp3) is 0.385. The summed E-state index contributed by atoms with van der Waals surface area (Å²) < 4.78 is 12.7. The molecule has 2 atom stereocenters. The van der Waals surface area contributed by atoms with Crippen LogP contribution in [0.5, 0.6) is 0 Å². The Balaban J connectivity index is 2.65. The van der Waals surface area contributed by atoms with Gasteiger partial charge in [-0.15, -0.1) is 6.42 Å². The van der Waals surface area contributed by atoms with Crippen LogP contribution in [0.15, 0.2) is 24.3 Å². The first-order chi connectivity index (χ1) is 7.17. The molecule has 0 bridgehead atoms. The van der Waals surface area contributed by atoms with Crippen molar-refractivity contribution in [1.29, 1.82) is 0 Å². The summed E-state index contributed by atoms with van der Waals surface area (Å²) in [6.07, 6.45) is 6.25. The second kappa shape index (κ2) is 5.53. The molecule has 1 rings (SSSR count). The van der Waals surface area contributed by atoms with E-state index in [1.807, 2.05) is 13.8 Å². The number of hydrogen-bond acceptors (Lipinski definition) is 1. The minimum absolute atomic E-state index is 0.0741. The maximum absolute atomic E-state index is 12.7. The molecule has 0 heterocycles. The molecule has 0 aliphatic rings. The van der Waals surface area contributed by atoms with Gasteiger partial charge >= 0.3 is 0 Å². The molecular formula is C13H16FN. The molecule has 0 saturated carbocycles. The largest absolute Gasteiger partial charge is 0.297 e. The summed E-state index contributed by atoms with van der Waals surface area (Å²) in [4.78, 5) is 0. The maximum atomic E-state index is 12.7. The van der Waals surface area contributed by atoms with Gasteiger partial charge in [0.1, 0.15) is 5.82 Å². The van der Waals surface area contributed by atoms with Gasteiger partial charge in [0.15, 0.2) is 0 Å². The fourth-order valence-corrected chi connectivity index (χ4v) is 1.43. The van der Waals surface area contributed by atoms with Crippen molar-refractivity contribution in [3.05, 3.63) is 35.6 Å². The van der Waals surface area contributed by atoms with E-state index in [1.54, 1.807) is 12.1 Å². The van der Waals surface area contributed by atoms with E-state index in [-0.39, 0.29) is 17.9 Å². The van der Waals surface area contributed by atoms with Gasteiger partial charge < -0.3 is 0 Å². The van der Waals surface area contributed by atoms with E-state index in [9.17, 15) is 4.39 Å². The van der Waals surface area contributed by atoms with Gasteiger partial charge in [-0.3, -0.25) is 5.32 Å². The van der Waals surface area contributed by atoms with Crippen LogP contribution < -0.4 is 5.32 Å². The first-order valence-corrected chi connectivity index (χ1v) is 5.15. The summed E-state index contributed by atoms with van der Waals surface area (Å²) in [6, 6.07) is 6.69. The number of benzene rings is 1. The Kier molecular flexibility index (Phi) is 4.33. The predicted molar refractivity (Wildman–Crippen MR) is 60.9 cm³/mol. The van der Waals surface area contributed by atoms with Gasteiger partial charge in [-0.2, -0.15) is 0 Å². The third kappa shape index (κ3) is 3.38. The van der Waals surface area contributed by atoms with Gasteiger partial charge in [-0.05, 0) is 31.0 Å². The summed E-state index contributed by atoms with van der Waals surface area (Å²) >= 11 is 0.